The van der Waals surface area contributed by atoms with Gasteiger partial charge in [0.05, 0.1) is 0 Å². The van der Waals surface area contributed by atoms with Crippen LogP contribution >= 0.6 is 0 Å². The van der Waals surface area contributed by atoms with Crippen molar-refractivity contribution in [3.8, 4) is 0 Å². The van der Waals surface area contributed by atoms with Gasteiger partial charge in [-0.05, 0) is 31.8 Å². The molecule has 1 saturated carbocycles. The third-order valence-electron chi connectivity index (χ3n) is 2.80. The SMILES string of the molecule is CC(=CC=CC=O)C1CCCCC1. The first-order chi connectivity index (χ1) is 6.34. The smallest absolute Gasteiger partial charge is 0.142 e. The molecule has 0 aliphatic heterocycles. The summed E-state index contributed by atoms with van der Waals surface area (Å²) in [6.07, 6.45) is 13.1. The van der Waals surface area contributed by atoms with Crippen molar-refractivity contribution in [2.24, 2.45) is 5.92 Å². The van der Waals surface area contributed by atoms with Crippen molar-refractivity contribution in [1.29, 1.82) is 0 Å². The van der Waals surface area contributed by atoms with E-state index < -0.39 is 0 Å². The van der Waals surface area contributed by atoms with Crippen LogP contribution in [0.3, 0.4) is 0 Å². The molecule has 0 N–H and O–H groups in total. The van der Waals surface area contributed by atoms with Gasteiger partial charge < -0.3 is 0 Å². The van der Waals surface area contributed by atoms with Gasteiger partial charge >= 0.3 is 0 Å². The van der Waals surface area contributed by atoms with Gasteiger partial charge in [0, 0.05) is 0 Å². The number of carbonyl (C=O) groups excluding carboxylic acids is 1. The van der Waals surface area contributed by atoms with E-state index in [-0.39, 0.29) is 0 Å². The Hall–Kier alpha value is -0.850. The number of aldehydes is 1. The zero-order valence-electron chi connectivity index (χ0n) is 8.33. The Morgan fingerprint density at radius 3 is 2.46 bits per heavy atom. The summed E-state index contributed by atoms with van der Waals surface area (Å²) >= 11 is 0. The normalized spacial score (nSPS) is 20.8. The van der Waals surface area contributed by atoms with Gasteiger partial charge in [-0.15, -0.1) is 0 Å². The van der Waals surface area contributed by atoms with E-state index in [1.165, 1.54) is 37.7 Å². The van der Waals surface area contributed by atoms with Gasteiger partial charge in [-0.25, -0.2) is 0 Å². The lowest BCUT2D eigenvalue weighted by Crippen LogP contribution is -2.06. The van der Waals surface area contributed by atoms with E-state index in [1.807, 2.05) is 6.08 Å². The summed E-state index contributed by atoms with van der Waals surface area (Å²) in [6, 6.07) is 0. The first kappa shape index (κ1) is 10.2. The van der Waals surface area contributed by atoms with Crippen LogP contribution in [0.5, 0.6) is 0 Å². The van der Waals surface area contributed by atoms with Gasteiger partial charge in [-0.2, -0.15) is 0 Å². The van der Waals surface area contributed by atoms with Crippen LogP contribution in [-0.4, -0.2) is 6.29 Å². The maximum absolute atomic E-state index is 10.0. The molecule has 13 heavy (non-hydrogen) atoms. The summed E-state index contributed by atoms with van der Waals surface area (Å²) in [5.41, 5.74) is 1.43. The summed E-state index contributed by atoms with van der Waals surface area (Å²) in [6.45, 7) is 2.17. The zero-order valence-corrected chi connectivity index (χ0v) is 8.33. The molecule has 1 heteroatoms. The molecule has 0 aromatic heterocycles. The highest BCUT2D eigenvalue weighted by molar-refractivity contribution is 5.65. The van der Waals surface area contributed by atoms with Crippen molar-refractivity contribution in [2.75, 3.05) is 0 Å². The third kappa shape index (κ3) is 3.58. The molecule has 1 aliphatic carbocycles. The monoisotopic (exact) mass is 178 g/mol. The summed E-state index contributed by atoms with van der Waals surface area (Å²) in [5.74, 6) is 0.769. The predicted molar refractivity (Wildman–Crippen MR) is 55.5 cm³/mol. The van der Waals surface area contributed by atoms with Crippen molar-refractivity contribution in [3.05, 3.63) is 23.8 Å². The summed E-state index contributed by atoms with van der Waals surface area (Å²) in [5, 5.41) is 0. The average molecular weight is 178 g/mol. The minimum Gasteiger partial charge on any atom is -0.299 e. The first-order valence-corrected chi connectivity index (χ1v) is 5.13. The largest absolute Gasteiger partial charge is 0.299 e. The van der Waals surface area contributed by atoms with Crippen LogP contribution in [0.15, 0.2) is 23.8 Å². The van der Waals surface area contributed by atoms with Crippen LogP contribution in [-0.2, 0) is 4.79 Å². The molecule has 0 aromatic carbocycles. The fourth-order valence-electron chi connectivity index (χ4n) is 1.95. The molecule has 1 nitrogen and oxygen atoms in total. The molecule has 0 atom stereocenters. The molecule has 1 rings (SSSR count). The lowest BCUT2D eigenvalue weighted by atomic mass is 9.84. The number of allylic oxidation sites excluding steroid dienone is 4. The van der Waals surface area contributed by atoms with E-state index in [0.29, 0.717) is 0 Å². The van der Waals surface area contributed by atoms with E-state index in [4.69, 9.17) is 0 Å². The predicted octanol–water partition coefficient (Wildman–Crippen LogP) is 3.27. The Bertz CT molecular complexity index is 207. The van der Waals surface area contributed by atoms with Gasteiger partial charge in [0.1, 0.15) is 6.29 Å². The highest BCUT2D eigenvalue weighted by Crippen LogP contribution is 2.29. The van der Waals surface area contributed by atoms with Crippen molar-refractivity contribution >= 4 is 6.29 Å². The maximum atomic E-state index is 10.0. The topological polar surface area (TPSA) is 17.1 Å². The van der Waals surface area contributed by atoms with Gasteiger partial charge in [-0.1, -0.05) is 37.0 Å². The highest BCUT2D eigenvalue weighted by Gasteiger charge is 2.13. The van der Waals surface area contributed by atoms with Gasteiger partial charge in [0.2, 0.25) is 0 Å². The molecule has 1 fully saturated rings. The summed E-state index contributed by atoms with van der Waals surface area (Å²) < 4.78 is 0. The van der Waals surface area contributed by atoms with E-state index in [0.717, 1.165) is 12.2 Å². The molecule has 0 aromatic rings. The number of hydrogen-bond acceptors (Lipinski definition) is 1. The Morgan fingerprint density at radius 1 is 1.15 bits per heavy atom. The lowest BCUT2D eigenvalue weighted by Gasteiger charge is -2.21. The quantitative estimate of drug-likeness (QED) is 0.368. The molecular formula is C12H18O. The Morgan fingerprint density at radius 2 is 1.85 bits per heavy atom. The van der Waals surface area contributed by atoms with E-state index in [2.05, 4.69) is 13.0 Å². The number of rotatable bonds is 3. The maximum Gasteiger partial charge on any atom is 0.142 e. The van der Waals surface area contributed by atoms with Crippen LogP contribution in [0.2, 0.25) is 0 Å². The third-order valence-corrected chi connectivity index (χ3v) is 2.80. The minimum absolute atomic E-state index is 0.769. The van der Waals surface area contributed by atoms with E-state index in [9.17, 15) is 4.79 Å². The van der Waals surface area contributed by atoms with Gasteiger partial charge in [0.15, 0.2) is 0 Å². The Balaban J connectivity index is 2.44. The fourth-order valence-corrected chi connectivity index (χ4v) is 1.95. The van der Waals surface area contributed by atoms with Crippen molar-refractivity contribution in [3.63, 3.8) is 0 Å². The molecule has 0 saturated heterocycles. The van der Waals surface area contributed by atoms with Crippen molar-refractivity contribution in [1.82, 2.24) is 0 Å². The molecule has 1 aliphatic rings. The van der Waals surface area contributed by atoms with Crippen LogP contribution in [0.25, 0.3) is 0 Å². The second-order valence-corrected chi connectivity index (χ2v) is 3.77. The standard InChI is InChI=1S/C12H18O/c1-11(7-5-6-10-13)12-8-3-2-4-9-12/h5-7,10,12H,2-4,8-9H2,1H3. The molecule has 72 valence electrons. The fraction of sp³-hybridized carbons (Fsp3) is 0.583. The molecule has 0 radical (unpaired) electrons. The number of hydrogen-bond donors (Lipinski definition) is 0. The minimum atomic E-state index is 0.769. The summed E-state index contributed by atoms with van der Waals surface area (Å²) in [4.78, 5) is 10.0. The summed E-state index contributed by atoms with van der Waals surface area (Å²) in [7, 11) is 0. The first-order valence-electron chi connectivity index (χ1n) is 5.13. The molecule has 0 amide bonds. The Kier molecular flexibility index (Phi) is 4.52. The molecule has 0 heterocycles. The van der Waals surface area contributed by atoms with Crippen LogP contribution in [0.1, 0.15) is 39.0 Å². The van der Waals surface area contributed by atoms with E-state index in [1.54, 1.807) is 6.08 Å². The zero-order chi connectivity index (χ0) is 9.52. The van der Waals surface area contributed by atoms with Crippen LogP contribution in [0, 0.1) is 5.92 Å². The highest BCUT2D eigenvalue weighted by atomic mass is 16.1. The van der Waals surface area contributed by atoms with E-state index >= 15 is 0 Å². The van der Waals surface area contributed by atoms with Crippen LogP contribution < -0.4 is 0 Å². The van der Waals surface area contributed by atoms with Gasteiger partial charge in [-0.3, -0.25) is 4.79 Å². The van der Waals surface area contributed by atoms with Gasteiger partial charge in [0.25, 0.3) is 0 Å². The number of carbonyl (C=O) groups is 1. The molecule has 0 bridgehead atoms. The molecule has 0 spiro atoms. The van der Waals surface area contributed by atoms with Crippen molar-refractivity contribution in [2.45, 2.75) is 39.0 Å². The average Bonchev–Trinajstić information content (AvgIpc) is 2.19. The molecular weight excluding hydrogens is 160 g/mol. The lowest BCUT2D eigenvalue weighted by molar-refractivity contribution is -0.104. The van der Waals surface area contributed by atoms with Crippen LogP contribution in [0.4, 0.5) is 0 Å². The van der Waals surface area contributed by atoms with Crippen molar-refractivity contribution < 1.29 is 4.79 Å². The second-order valence-electron chi connectivity index (χ2n) is 3.77. The Labute approximate surface area is 80.5 Å². The molecule has 0 unspecified atom stereocenters. The second kappa shape index (κ2) is 5.74.